The van der Waals surface area contributed by atoms with Crippen LogP contribution >= 0.6 is 11.8 Å². The number of nitrogens with zero attached hydrogens (tertiary/aromatic N) is 2. The van der Waals surface area contributed by atoms with E-state index in [1.807, 2.05) is 91.0 Å². The second kappa shape index (κ2) is 8.25. The quantitative estimate of drug-likeness (QED) is 0.643. The molecule has 1 saturated heterocycles. The molecule has 1 amide bonds. The van der Waals surface area contributed by atoms with Gasteiger partial charge in [-0.2, -0.15) is 0 Å². The molecule has 0 aromatic heterocycles. The standard InChI is InChI=1S/C23H18N2O2S/c26-16-18-13-11-17(12-14-18)15-21-22(27)25(20-9-5-2-6-10-20)23(28-21)24-19-7-3-1-4-8-19/h1-15,26H,16H2/b21-15-,24-23?. The Bertz CT molecular complexity index is 1030. The Morgan fingerprint density at radius 2 is 1.54 bits per heavy atom. The Kier molecular flexibility index (Phi) is 5.37. The van der Waals surface area contributed by atoms with E-state index in [0.717, 1.165) is 22.5 Å². The van der Waals surface area contributed by atoms with E-state index >= 15 is 0 Å². The number of hydrogen-bond acceptors (Lipinski definition) is 4. The summed E-state index contributed by atoms with van der Waals surface area (Å²) in [5, 5.41) is 9.82. The summed E-state index contributed by atoms with van der Waals surface area (Å²) >= 11 is 1.36. The highest BCUT2D eigenvalue weighted by Gasteiger charge is 2.34. The molecule has 4 rings (SSSR count). The maximum absolute atomic E-state index is 13.2. The summed E-state index contributed by atoms with van der Waals surface area (Å²) in [7, 11) is 0. The molecular formula is C23H18N2O2S. The van der Waals surface area contributed by atoms with Crippen molar-refractivity contribution in [2.75, 3.05) is 4.90 Å². The fourth-order valence-corrected chi connectivity index (χ4v) is 3.84. The molecule has 4 nitrogen and oxygen atoms in total. The predicted octanol–water partition coefficient (Wildman–Crippen LogP) is 4.99. The van der Waals surface area contributed by atoms with E-state index in [1.165, 1.54) is 11.8 Å². The van der Waals surface area contributed by atoms with Gasteiger partial charge in [-0.25, -0.2) is 4.99 Å². The van der Waals surface area contributed by atoms with Crippen LogP contribution in [0.25, 0.3) is 6.08 Å². The third-order valence-corrected chi connectivity index (χ3v) is 5.23. The van der Waals surface area contributed by atoms with E-state index in [4.69, 9.17) is 4.99 Å². The number of carbonyl (C=O) groups excluding carboxylic acids is 1. The van der Waals surface area contributed by atoms with E-state index in [-0.39, 0.29) is 12.5 Å². The van der Waals surface area contributed by atoms with Crippen molar-refractivity contribution in [3.05, 3.63) is 101 Å². The van der Waals surface area contributed by atoms with Gasteiger partial charge in [0.1, 0.15) is 0 Å². The van der Waals surface area contributed by atoms with Crippen molar-refractivity contribution in [2.24, 2.45) is 4.99 Å². The molecule has 0 spiro atoms. The van der Waals surface area contributed by atoms with Crippen molar-refractivity contribution in [1.82, 2.24) is 0 Å². The third-order valence-electron chi connectivity index (χ3n) is 4.26. The number of benzene rings is 3. The average Bonchev–Trinajstić information content (AvgIpc) is 3.04. The zero-order valence-electron chi connectivity index (χ0n) is 15.0. The van der Waals surface area contributed by atoms with Crippen molar-refractivity contribution < 1.29 is 9.90 Å². The molecule has 138 valence electrons. The number of aliphatic hydroxyl groups excluding tert-OH is 1. The van der Waals surface area contributed by atoms with Crippen LogP contribution in [0.1, 0.15) is 11.1 Å². The highest BCUT2D eigenvalue weighted by atomic mass is 32.2. The zero-order valence-corrected chi connectivity index (χ0v) is 15.8. The van der Waals surface area contributed by atoms with E-state index in [9.17, 15) is 9.90 Å². The summed E-state index contributed by atoms with van der Waals surface area (Å²) in [5.41, 5.74) is 3.33. The van der Waals surface area contributed by atoms with Crippen LogP contribution in [0.15, 0.2) is 94.8 Å². The topological polar surface area (TPSA) is 52.9 Å². The van der Waals surface area contributed by atoms with Crippen molar-refractivity contribution in [3.63, 3.8) is 0 Å². The molecule has 1 heterocycles. The predicted molar refractivity (Wildman–Crippen MR) is 115 cm³/mol. The van der Waals surface area contributed by atoms with E-state index < -0.39 is 0 Å². The lowest BCUT2D eigenvalue weighted by Crippen LogP contribution is -2.28. The molecule has 0 unspecified atom stereocenters. The second-order valence-electron chi connectivity index (χ2n) is 6.22. The summed E-state index contributed by atoms with van der Waals surface area (Å²) in [6, 6.07) is 26.6. The number of rotatable bonds is 4. The Morgan fingerprint density at radius 3 is 2.18 bits per heavy atom. The van der Waals surface area contributed by atoms with E-state index in [2.05, 4.69) is 0 Å². The van der Waals surface area contributed by atoms with Crippen molar-refractivity contribution in [2.45, 2.75) is 6.61 Å². The molecule has 3 aromatic rings. The molecule has 0 atom stereocenters. The first-order chi connectivity index (χ1) is 13.7. The molecule has 1 aliphatic heterocycles. The van der Waals surface area contributed by atoms with Gasteiger partial charge in [0.25, 0.3) is 5.91 Å². The molecule has 1 fully saturated rings. The van der Waals surface area contributed by atoms with Gasteiger partial charge in [0.05, 0.1) is 22.9 Å². The Labute approximate surface area is 167 Å². The maximum atomic E-state index is 13.2. The Balaban J connectivity index is 1.73. The van der Waals surface area contributed by atoms with Gasteiger partial charge in [-0.3, -0.25) is 9.69 Å². The number of hydrogen-bond donors (Lipinski definition) is 1. The number of amides is 1. The van der Waals surface area contributed by atoms with E-state index in [0.29, 0.717) is 10.1 Å². The number of thioether (sulfide) groups is 1. The molecule has 1 aliphatic rings. The Morgan fingerprint density at radius 1 is 0.893 bits per heavy atom. The summed E-state index contributed by atoms with van der Waals surface area (Å²) in [4.78, 5) is 20.1. The minimum Gasteiger partial charge on any atom is -0.392 e. The van der Waals surface area contributed by atoms with Gasteiger partial charge in [-0.15, -0.1) is 0 Å². The van der Waals surface area contributed by atoms with Gasteiger partial charge in [0.2, 0.25) is 0 Å². The van der Waals surface area contributed by atoms with Crippen molar-refractivity contribution >= 4 is 40.3 Å². The molecule has 0 saturated carbocycles. The molecule has 0 aliphatic carbocycles. The lowest BCUT2D eigenvalue weighted by molar-refractivity contribution is -0.113. The van der Waals surface area contributed by atoms with Gasteiger partial charge in [-0.1, -0.05) is 60.7 Å². The first-order valence-electron chi connectivity index (χ1n) is 8.87. The minimum absolute atomic E-state index is 0.000197. The normalized spacial score (nSPS) is 16.9. The Hall–Kier alpha value is -3.15. The van der Waals surface area contributed by atoms with Crippen LogP contribution in [0.4, 0.5) is 11.4 Å². The number of para-hydroxylation sites is 2. The lowest BCUT2D eigenvalue weighted by Gasteiger charge is -2.15. The number of amidine groups is 1. The summed E-state index contributed by atoms with van der Waals surface area (Å²) < 4.78 is 0. The largest absolute Gasteiger partial charge is 0.392 e. The van der Waals surface area contributed by atoms with Crippen LogP contribution in [0, 0.1) is 0 Å². The molecule has 0 bridgehead atoms. The number of aliphatic imine (C=N–C) groups is 1. The van der Waals surface area contributed by atoms with Crippen LogP contribution < -0.4 is 4.90 Å². The maximum Gasteiger partial charge on any atom is 0.271 e. The second-order valence-corrected chi connectivity index (χ2v) is 7.23. The third kappa shape index (κ3) is 3.91. The summed E-state index contributed by atoms with van der Waals surface area (Å²) in [6.07, 6.45) is 1.86. The monoisotopic (exact) mass is 386 g/mol. The molecule has 28 heavy (non-hydrogen) atoms. The fourth-order valence-electron chi connectivity index (χ4n) is 2.84. The molecule has 0 radical (unpaired) electrons. The smallest absolute Gasteiger partial charge is 0.271 e. The highest BCUT2D eigenvalue weighted by Crippen LogP contribution is 2.37. The number of carbonyl (C=O) groups is 1. The van der Waals surface area contributed by atoms with Crippen LogP contribution in [-0.4, -0.2) is 16.2 Å². The molecule has 5 heteroatoms. The van der Waals surface area contributed by atoms with Gasteiger partial charge < -0.3 is 5.11 Å². The molecular weight excluding hydrogens is 368 g/mol. The highest BCUT2D eigenvalue weighted by molar-refractivity contribution is 8.19. The van der Waals surface area contributed by atoms with Gasteiger partial charge >= 0.3 is 0 Å². The van der Waals surface area contributed by atoms with E-state index in [1.54, 1.807) is 4.90 Å². The SMILES string of the molecule is O=C1/C(=C/c2ccc(CO)cc2)SC(=Nc2ccccc2)N1c1ccccc1. The van der Waals surface area contributed by atoms with Gasteiger partial charge in [0.15, 0.2) is 5.17 Å². The van der Waals surface area contributed by atoms with Crippen LogP contribution in [0.2, 0.25) is 0 Å². The van der Waals surface area contributed by atoms with Gasteiger partial charge in [-0.05, 0) is 53.2 Å². The number of aliphatic hydroxyl groups is 1. The average molecular weight is 386 g/mol. The first-order valence-corrected chi connectivity index (χ1v) is 9.69. The van der Waals surface area contributed by atoms with Crippen LogP contribution in [0.5, 0.6) is 0 Å². The number of anilines is 1. The molecule has 1 N–H and O–H groups in total. The van der Waals surface area contributed by atoms with Crippen LogP contribution in [-0.2, 0) is 11.4 Å². The van der Waals surface area contributed by atoms with Crippen molar-refractivity contribution in [1.29, 1.82) is 0 Å². The molecule has 3 aromatic carbocycles. The summed E-state index contributed by atoms with van der Waals surface area (Å²) in [5.74, 6) is -0.0999. The lowest BCUT2D eigenvalue weighted by atomic mass is 10.1. The fraction of sp³-hybridized carbons (Fsp3) is 0.0435. The summed E-state index contributed by atoms with van der Waals surface area (Å²) in [6.45, 7) is 0.000197. The minimum atomic E-state index is -0.0999. The first kappa shape index (κ1) is 18.2. The van der Waals surface area contributed by atoms with Gasteiger partial charge in [0, 0.05) is 0 Å². The zero-order chi connectivity index (χ0) is 19.3. The van der Waals surface area contributed by atoms with Crippen LogP contribution in [0.3, 0.4) is 0 Å². The van der Waals surface area contributed by atoms with Crippen molar-refractivity contribution in [3.8, 4) is 0 Å².